The van der Waals surface area contributed by atoms with Crippen molar-refractivity contribution in [2.45, 2.75) is 64.0 Å². The minimum Gasteiger partial charge on any atom is -0.366 e. The van der Waals surface area contributed by atoms with Crippen LogP contribution in [0.4, 0.5) is 13.2 Å². The number of halogens is 3. The second-order valence-corrected chi connectivity index (χ2v) is 4.41. The molecule has 5 heteroatoms. The maximum Gasteiger partial charge on any atom is 0.414 e. The van der Waals surface area contributed by atoms with Gasteiger partial charge in [-0.05, 0) is 39.2 Å². The molecule has 1 saturated carbocycles. The smallest absolute Gasteiger partial charge is 0.366 e. The first-order valence-electron chi connectivity index (χ1n) is 5.89. The fourth-order valence-corrected chi connectivity index (χ4v) is 1.96. The molecule has 0 saturated heterocycles. The van der Waals surface area contributed by atoms with Crippen LogP contribution in [-0.4, -0.2) is 31.0 Å². The summed E-state index contributed by atoms with van der Waals surface area (Å²) >= 11 is 0. The first-order valence-corrected chi connectivity index (χ1v) is 5.89. The van der Waals surface area contributed by atoms with E-state index in [1.807, 2.05) is 0 Å². The maximum absolute atomic E-state index is 12.3. The third kappa shape index (κ3) is 4.29. The zero-order valence-corrected chi connectivity index (χ0v) is 9.81. The summed E-state index contributed by atoms with van der Waals surface area (Å²) in [4.78, 5) is 0. The SMILES string of the molecule is CCCNC1CCC(OC(C)C(F)(F)F)C1. The highest BCUT2D eigenvalue weighted by Gasteiger charge is 2.39. The van der Waals surface area contributed by atoms with Crippen molar-refractivity contribution in [3.8, 4) is 0 Å². The molecule has 0 aliphatic heterocycles. The van der Waals surface area contributed by atoms with Crippen molar-refractivity contribution in [3.63, 3.8) is 0 Å². The zero-order chi connectivity index (χ0) is 12.2. The van der Waals surface area contributed by atoms with Crippen LogP contribution in [-0.2, 0) is 4.74 Å². The highest BCUT2D eigenvalue weighted by molar-refractivity contribution is 4.82. The number of rotatable bonds is 5. The third-order valence-corrected chi connectivity index (χ3v) is 2.93. The van der Waals surface area contributed by atoms with Gasteiger partial charge in [0.05, 0.1) is 6.10 Å². The lowest BCUT2D eigenvalue weighted by Gasteiger charge is -2.21. The molecule has 0 aromatic heterocycles. The Kier molecular flexibility index (Phi) is 5.05. The van der Waals surface area contributed by atoms with Crippen molar-refractivity contribution in [2.24, 2.45) is 0 Å². The predicted molar refractivity (Wildman–Crippen MR) is 56.3 cm³/mol. The van der Waals surface area contributed by atoms with Crippen molar-refractivity contribution in [1.29, 1.82) is 0 Å². The van der Waals surface area contributed by atoms with Crippen LogP contribution in [0.5, 0.6) is 0 Å². The molecular formula is C11H20F3NO. The minimum atomic E-state index is -4.24. The predicted octanol–water partition coefficient (Wildman–Crippen LogP) is 2.87. The summed E-state index contributed by atoms with van der Waals surface area (Å²) in [6, 6.07) is 0.324. The van der Waals surface area contributed by atoms with Crippen LogP contribution < -0.4 is 5.32 Å². The van der Waals surface area contributed by atoms with Crippen LogP contribution in [0.3, 0.4) is 0 Å². The first kappa shape index (κ1) is 13.8. The lowest BCUT2D eigenvalue weighted by atomic mass is 10.2. The summed E-state index contributed by atoms with van der Waals surface area (Å²) < 4.78 is 41.8. The topological polar surface area (TPSA) is 21.3 Å². The summed E-state index contributed by atoms with van der Waals surface area (Å²) in [6.07, 6.45) is -2.76. The van der Waals surface area contributed by atoms with Gasteiger partial charge in [0.2, 0.25) is 0 Å². The lowest BCUT2D eigenvalue weighted by molar-refractivity contribution is -0.226. The van der Waals surface area contributed by atoms with E-state index in [4.69, 9.17) is 4.74 Å². The molecule has 1 aliphatic carbocycles. The molecule has 3 atom stereocenters. The molecular weight excluding hydrogens is 219 g/mol. The standard InChI is InChI=1S/C11H20F3NO/c1-3-6-15-9-4-5-10(7-9)16-8(2)11(12,13)14/h8-10,15H,3-7H2,1-2H3. The zero-order valence-electron chi connectivity index (χ0n) is 9.81. The Balaban J connectivity index is 2.26. The molecule has 0 amide bonds. The summed E-state index contributed by atoms with van der Waals surface area (Å²) in [7, 11) is 0. The van der Waals surface area contributed by atoms with Gasteiger partial charge in [-0.1, -0.05) is 6.92 Å². The molecule has 0 bridgehead atoms. The largest absolute Gasteiger partial charge is 0.414 e. The van der Waals surface area contributed by atoms with Crippen molar-refractivity contribution < 1.29 is 17.9 Å². The normalized spacial score (nSPS) is 28.3. The quantitative estimate of drug-likeness (QED) is 0.796. The number of hydrogen-bond donors (Lipinski definition) is 1. The van der Waals surface area contributed by atoms with E-state index in [0.29, 0.717) is 12.5 Å². The molecule has 1 aliphatic rings. The number of ether oxygens (including phenoxy) is 1. The van der Waals surface area contributed by atoms with E-state index in [1.54, 1.807) is 0 Å². The number of alkyl halides is 3. The Morgan fingerprint density at radius 2 is 2.06 bits per heavy atom. The van der Waals surface area contributed by atoms with Gasteiger partial charge < -0.3 is 10.1 Å². The number of nitrogens with one attached hydrogen (secondary N) is 1. The molecule has 0 spiro atoms. The molecule has 16 heavy (non-hydrogen) atoms. The Hall–Kier alpha value is -0.290. The van der Waals surface area contributed by atoms with E-state index < -0.39 is 12.3 Å². The van der Waals surface area contributed by atoms with E-state index in [-0.39, 0.29) is 6.10 Å². The molecule has 3 unspecified atom stereocenters. The van der Waals surface area contributed by atoms with Crippen LogP contribution in [0, 0.1) is 0 Å². The molecule has 0 heterocycles. The van der Waals surface area contributed by atoms with Crippen molar-refractivity contribution in [3.05, 3.63) is 0 Å². The Bertz CT molecular complexity index is 208. The summed E-state index contributed by atoms with van der Waals surface area (Å²) in [5.41, 5.74) is 0. The molecule has 0 aromatic rings. The molecule has 2 nitrogen and oxygen atoms in total. The second-order valence-electron chi connectivity index (χ2n) is 4.41. The van der Waals surface area contributed by atoms with Gasteiger partial charge in [-0.25, -0.2) is 0 Å². The molecule has 0 aromatic carbocycles. The Labute approximate surface area is 94.5 Å². The van der Waals surface area contributed by atoms with Gasteiger partial charge >= 0.3 is 6.18 Å². The summed E-state index contributed by atoms with van der Waals surface area (Å²) in [5, 5.41) is 3.31. The van der Waals surface area contributed by atoms with Gasteiger partial charge in [-0.2, -0.15) is 13.2 Å². The molecule has 1 N–H and O–H groups in total. The van der Waals surface area contributed by atoms with Crippen LogP contribution >= 0.6 is 0 Å². The fourth-order valence-electron chi connectivity index (χ4n) is 1.96. The van der Waals surface area contributed by atoms with Crippen LogP contribution in [0.15, 0.2) is 0 Å². The monoisotopic (exact) mass is 239 g/mol. The van der Waals surface area contributed by atoms with Crippen molar-refractivity contribution >= 4 is 0 Å². The van der Waals surface area contributed by atoms with E-state index >= 15 is 0 Å². The van der Waals surface area contributed by atoms with Crippen LogP contribution in [0.25, 0.3) is 0 Å². The van der Waals surface area contributed by atoms with Gasteiger partial charge in [0.1, 0.15) is 0 Å². The summed E-state index contributed by atoms with van der Waals surface area (Å²) in [5.74, 6) is 0. The van der Waals surface area contributed by atoms with Gasteiger partial charge in [0, 0.05) is 6.04 Å². The first-order chi connectivity index (χ1) is 7.43. The van der Waals surface area contributed by atoms with Gasteiger partial charge in [0.15, 0.2) is 6.10 Å². The molecule has 96 valence electrons. The van der Waals surface area contributed by atoms with Crippen LogP contribution in [0.2, 0.25) is 0 Å². The Morgan fingerprint density at radius 1 is 1.38 bits per heavy atom. The third-order valence-electron chi connectivity index (χ3n) is 2.93. The Morgan fingerprint density at radius 3 is 2.62 bits per heavy atom. The fraction of sp³-hybridized carbons (Fsp3) is 1.00. The highest BCUT2D eigenvalue weighted by atomic mass is 19.4. The van der Waals surface area contributed by atoms with E-state index in [2.05, 4.69) is 12.2 Å². The number of hydrogen-bond acceptors (Lipinski definition) is 2. The van der Waals surface area contributed by atoms with Crippen molar-refractivity contribution in [2.75, 3.05) is 6.54 Å². The van der Waals surface area contributed by atoms with Gasteiger partial charge in [-0.15, -0.1) is 0 Å². The van der Waals surface area contributed by atoms with Gasteiger partial charge in [-0.3, -0.25) is 0 Å². The maximum atomic E-state index is 12.3. The minimum absolute atomic E-state index is 0.244. The van der Waals surface area contributed by atoms with E-state index in [1.165, 1.54) is 0 Å². The average Bonchev–Trinajstić information content (AvgIpc) is 2.61. The lowest BCUT2D eigenvalue weighted by Crippen LogP contribution is -2.33. The van der Waals surface area contributed by atoms with Crippen LogP contribution in [0.1, 0.15) is 39.5 Å². The molecule has 1 rings (SSSR count). The summed E-state index contributed by atoms with van der Waals surface area (Å²) in [6.45, 7) is 4.07. The van der Waals surface area contributed by atoms with E-state index in [9.17, 15) is 13.2 Å². The van der Waals surface area contributed by atoms with Gasteiger partial charge in [0.25, 0.3) is 0 Å². The average molecular weight is 239 g/mol. The second kappa shape index (κ2) is 5.87. The molecule has 0 radical (unpaired) electrons. The van der Waals surface area contributed by atoms with E-state index in [0.717, 1.165) is 32.7 Å². The van der Waals surface area contributed by atoms with Crippen molar-refractivity contribution in [1.82, 2.24) is 5.32 Å². The highest BCUT2D eigenvalue weighted by Crippen LogP contribution is 2.29. The molecule has 1 fully saturated rings.